The van der Waals surface area contributed by atoms with Crippen LogP contribution in [-0.2, 0) is 4.79 Å². The van der Waals surface area contributed by atoms with Crippen LogP contribution in [0.25, 0.3) is 0 Å². The van der Waals surface area contributed by atoms with Gasteiger partial charge in [-0.2, -0.15) is 0 Å². The first kappa shape index (κ1) is 12.4. The zero-order chi connectivity index (χ0) is 10.3. The number of carbonyl (C=O) groups is 1. The minimum absolute atomic E-state index is 0.159. The predicted octanol–water partition coefficient (Wildman–Crippen LogP) is 0.763. The van der Waals surface area contributed by atoms with Crippen molar-refractivity contribution in [3.05, 3.63) is 0 Å². The third-order valence-corrected chi connectivity index (χ3v) is 1.85. The van der Waals surface area contributed by atoms with Gasteiger partial charge in [-0.25, -0.2) is 0 Å². The molecule has 0 aromatic rings. The summed E-state index contributed by atoms with van der Waals surface area (Å²) in [7, 11) is 0. The number of aliphatic hydroxyl groups excluding tert-OH is 2. The van der Waals surface area contributed by atoms with Gasteiger partial charge in [0.2, 0.25) is 0 Å². The highest BCUT2D eigenvalue weighted by atomic mass is 16.4. The lowest BCUT2D eigenvalue weighted by atomic mass is 10.0. The molecule has 0 aromatic carbocycles. The second-order valence-electron chi connectivity index (χ2n) is 3.28. The summed E-state index contributed by atoms with van der Waals surface area (Å²) < 4.78 is 0. The van der Waals surface area contributed by atoms with Crippen molar-refractivity contribution in [1.29, 1.82) is 0 Å². The first-order valence-electron chi connectivity index (χ1n) is 4.64. The largest absolute Gasteiger partial charge is 0.481 e. The van der Waals surface area contributed by atoms with Gasteiger partial charge in [-0.1, -0.05) is 19.8 Å². The number of unbranched alkanes of at least 4 members (excludes halogenated alkanes) is 1. The van der Waals surface area contributed by atoms with Gasteiger partial charge < -0.3 is 15.3 Å². The highest BCUT2D eigenvalue weighted by Crippen LogP contribution is 2.08. The minimum Gasteiger partial charge on any atom is -0.481 e. The van der Waals surface area contributed by atoms with E-state index >= 15 is 0 Å². The number of aliphatic hydroxyl groups is 2. The molecule has 0 aliphatic heterocycles. The molecule has 3 N–H and O–H groups in total. The zero-order valence-corrected chi connectivity index (χ0v) is 7.94. The molecular weight excluding hydrogens is 172 g/mol. The Morgan fingerprint density at radius 1 is 1.31 bits per heavy atom. The number of carboxylic acid groups (broad SMARTS) is 1. The predicted molar refractivity (Wildman–Crippen MR) is 48.4 cm³/mol. The number of hydrogen-bond acceptors (Lipinski definition) is 3. The summed E-state index contributed by atoms with van der Waals surface area (Å²) in [5.41, 5.74) is 0. The normalized spacial score (nSPS) is 15.3. The summed E-state index contributed by atoms with van der Waals surface area (Å²) in [4.78, 5) is 10.2. The van der Waals surface area contributed by atoms with Gasteiger partial charge >= 0.3 is 5.97 Å². The highest BCUT2D eigenvalue weighted by Gasteiger charge is 2.14. The Morgan fingerprint density at radius 3 is 2.38 bits per heavy atom. The lowest BCUT2D eigenvalue weighted by Gasteiger charge is -2.13. The van der Waals surface area contributed by atoms with Crippen molar-refractivity contribution in [3.63, 3.8) is 0 Å². The van der Waals surface area contributed by atoms with Gasteiger partial charge in [0.15, 0.2) is 0 Å². The van der Waals surface area contributed by atoms with Crippen molar-refractivity contribution in [1.82, 2.24) is 0 Å². The van der Waals surface area contributed by atoms with E-state index in [0.717, 1.165) is 12.8 Å². The molecule has 0 spiro atoms. The van der Waals surface area contributed by atoms with Crippen LogP contribution in [0.3, 0.4) is 0 Å². The fraction of sp³-hybridized carbons (Fsp3) is 0.889. The Hall–Kier alpha value is -0.610. The summed E-state index contributed by atoms with van der Waals surface area (Å²) in [6.07, 6.45) is 0.897. The summed E-state index contributed by atoms with van der Waals surface area (Å²) in [6.45, 7) is 2.01. The molecule has 0 aromatic heterocycles. The topological polar surface area (TPSA) is 77.8 Å². The van der Waals surface area contributed by atoms with E-state index in [0.29, 0.717) is 6.42 Å². The van der Waals surface area contributed by atoms with Crippen LogP contribution < -0.4 is 0 Å². The maximum absolute atomic E-state index is 10.2. The van der Waals surface area contributed by atoms with Crippen molar-refractivity contribution >= 4 is 5.97 Å². The molecule has 13 heavy (non-hydrogen) atoms. The van der Waals surface area contributed by atoms with Crippen molar-refractivity contribution in [2.24, 2.45) is 0 Å². The molecule has 0 radical (unpaired) electrons. The van der Waals surface area contributed by atoms with Crippen molar-refractivity contribution in [2.75, 3.05) is 0 Å². The van der Waals surface area contributed by atoms with Gasteiger partial charge in [-0.15, -0.1) is 0 Å². The van der Waals surface area contributed by atoms with Crippen LogP contribution in [0.5, 0.6) is 0 Å². The molecule has 0 aliphatic rings. The van der Waals surface area contributed by atoms with Gasteiger partial charge in [0.1, 0.15) is 0 Å². The molecule has 0 saturated heterocycles. The van der Waals surface area contributed by atoms with Gasteiger partial charge in [-0.3, -0.25) is 4.79 Å². The average Bonchev–Trinajstić information content (AvgIpc) is 1.98. The molecule has 0 aliphatic carbocycles. The van der Waals surface area contributed by atoms with Crippen molar-refractivity contribution in [2.45, 2.75) is 51.2 Å². The molecule has 4 heteroatoms. The van der Waals surface area contributed by atoms with Crippen molar-refractivity contribution in [3.8, 4) is 0 Å². The second kappa shape index (κ2) is 6.86. The summed E-state index contributed by atoms with van der Waals surface area (Å²) in [5, 5.41) is 26.8. The molecule has 78 valence electrons. The third-order valence-electron chi connectivity index (χ3n) is 1.85. The van der Waals surface area contributed by atoms with E-state index in [1.807, 2.05) is 6.92 Å². The molecule has 0 saturated carbocycles. The number of aliphatic carboxylic acids is 1. The Balaban J connectivity index is 3.52. The molecule has 0 amide bonds. The molecular formula is C9H18O4. The molecule has 0 unspecified atom stereocenters. The van der Waals surface area contributed by atoms with Crippen LogP contribution in [0.1, 0.15) is 39.0 Å². The first-order valence-corrected chi connectivity index (χ1v) is 4.64. The van der Waals surface area contributed by atoms with Gasteiger partial charge in [-0.05, 0) is 12.8 Å². The van der Waals surface area contributed by atoms with Crippen LogP contribution in [0.15, 0.2) is 0 Å². The maximum Gasteiger partial charge on any atom is 0.305 e. The van der Waals surface area contributed by atoms with E-state index in [4.69, 9.17) is 10.2 Å². The van der Waals surface area contributed by atoms with Crippen LogP contribution in [0.4, 0.5) is 0 Å². The monoisotopic (exact) mass is 190 g/mol. The van der Waals surface area contributed by atoms with Crippen LogP contribution in [0, 0.1) is 0 Å². The standard InChI is InChI=1S/C9H18O4/c1-2-3-4-7(10)5-8(11)6-9(12)13/h7-8,10-11H,2-6H2,1H3,(H,12,13)/t7-,8-/m1/s1. The first-order chi connectivity index (χ1) is 6.06. The van der Waals surface area contributed by atoms with E-state index in [1.165, 1.54) is 0 Å². The Bertz CT molecular complexity index is 147. The van der Waals surface area contributed by atoms with Crippen LogP contribution in [-0.4, -0.2) is 33.5 Å². The Kier molecular flexibility index (Phi) is 6.54. The molecule has 0 bridgehead atoms. The van der Waals surface area contributed by atoms with E-state index in [-0.39, 0.29) is 12.8 Å². The van der Waals surface area contributed by atoms with Gasteiger partial charge in [0, 0.05) is 0 Å². The second-order valence-corrected chi connectivity index (χ2v) is 3.28. The van der Waals surface area contributed by atoms with Crippen LogP contribution >= 0.6 is 0 Å². The summed E-state index contributed by atoms with van der Waals surface area (Å²) in [6, 6.07) is 0. The summed E-state index contributed by atoms with van der Waals surface area (Å²) >= 11 is 0. The van der Waals surface area contributed by atoms with E-state index in [2.05, 4.69) is 0 Å². The van der Waals surface area contributed by atoms with E-state index in [1.54, 1.807) is 0 Å². The number of carboxylic acids is 1. The molecule has 4 nitrogen and oxygen atoms in total. The number of hydrogen-bond donors (Lipinski definition) is 3. The lowest BCUT2D eigenvalue weighted by Crippen LogP contribution is -2.20. The zero-order valence-electron chi connectivity index (χ0n) is 7.94. The molecule has 0 fully saturated rings. The lowest BCUT2D eigenvalue weighted by molar-refractivity contribution is -0.139. The smallest absolute Gasteiger partial charge is 0.305 e. The van der Waals surface area contributed by atoms with Gasteiger partial charge in [0.25, 0.3) is 0 Å². The van der Waals surface area contributed by atoms with E-state index < -0.39 is 18.2 Å². The fourth-order valence-electron chi connectivity index (χ4n) is 1.16. The van der Waals surface area contributed by atoms with Gasteiger partial charge in [0.05, 0.1) is 18.6 Å². The third kappa shape index (κ3) is 7.74. The molecule has 2 atom stereocenters. The SMILES string of the molecule is CCCC[C@@H](O)C[C@@H](O)CC(=O)O. The van der Waals surface area contributed by atoms with E-state index in [9.17, 15) is 9.90 Å². The highest BCUT2D eigenvalue weighted by molar-refractivity contribution is 5.67. The number of rotatable bonds is 7. The van der Waals surface area contributed by atoms with Crippen LogP contribution in [0.2, 0.25) is 0 Å². The molecule has 0 heterocycles. The Morgan fingerprint density at radius 2 is 1.92 bits per heavy atom. The van der Waals surface area contributed by atoms with Crippen molar-refractivity contribution < 1.29 is 20.1 Å². The minimum atomic E-state index is -1.03. The maximum atomic E-state index is 10.2. The molecule has 0 rings (SSSR count). The Labute approximate surface area is 78.2 Å². The summed E-state index contributed by atoms with van der Waals surface area (Å²) in [5.74, 6) is -1.03. The quantitative estimate of drug-likeness (QED) is 0.554. The fourth-order valence-corrected chi connectivity index (χ4v) is 1.16. The average molecular weight is 190 g/mol.